The lowest BCUT2D eigenvalue weighted by Gasteiger charge is -2.25. The molecule has 2 unspecified atom stereocenters. The van der Waals surface area contributed by atoms with Crippen molar-refractivity contribution in [2.75, 3.05) is 0 Å². The molecule has 0 aromatic heterocycles. The first-order valence-corrected chi connectivity index (χ1v) is 9.38. The summed E-state index contributed by atoms with van der Waals surface area (Å²) in [5.41, 5.74) is 2.95. The van der Waals surface area contributed by atoms with E-state index in [0.29, 0.717) is 10.7 Å². The highest BCUT2D eigenvalue weighted by Gasteiger charge is 2.21. The van der Waals surface area contributed by atoms with E-state index in [2.05, 4.69) is 54.0 Å². The molecular formula is C19H29Br. The van der Waals surface area contributed by atoms with Crippen molar-refractivity contribution >= 4 is 15.9 Å². The standard InChI is InChI=1S/C19H29Br/c1-3-15(2)16-11-13-18(14-12-16)19(20)17-9-7-5-4-6-8-10-17/h11-15,17,19H,3-10H2,1-2H3. The van der Waals surface area contributed by atoms with Gasteiger partial charge < -0.3 is 0 Å². The molecule has 1 fully saturated rings. The van der Waals surface area contributed by atoms with Gasteiger partial charge in [-0.3, -0.25) is 0 Å². The van der Waals surface area contributed by atoms with E-state index in [1.807, 2.05) is 0 Å². The van der Waals surface area contributed by atoms with E-state index in [4.69, 9.17) is 0 Å². The molecule has 2 rings (SSSR count). The summed E-state index contributed by atoms with van der Waals surface area (Å²) in [6.07, 6.45) is 11.1. The van der Waals surface area contributed by atoms with Crippen LogP contribution in [0.4, 0.5) is 0 Å². The second-order valence-electron chi connectivity index (χ2n) is 6.48. The highest BCUT2D eigenvalue weighted by atomic mass is 79.9. The molecule has 1 aliphatic rings. The van der Waals surface area contributed by atoms with Crippen molar-refractivity contribution in [1.29, 1.82) is 0 Å². The monoisotopic (exact) mass is 336 g/mol. The van der Waals surface area contributed by atoms with Crippen LogP contribution in [0.3, 0.4) is 0 Å². The third-order valence-electron chi connectivity index (χ3n) is 5.00. The summed E-state index contributed by atoms with van der Waals surface area (Å²) in [6.45, 7) is 4.58. The second-order valence-corrected chi connectivity index (χ2v) is 7.47. The minimum atomic E-state index is 0.548. The Morgan fingerprint density at radius 2 is 1.45 bits per heavy atom. The fraction of sp³-hybridized carbons (Fsp3) is 0.684. The van der Waals surface area contributed by atoms with Gasteiger partial charge in [-0.05, 0) is 42.2 Å². The third-order valence-corrected chi connectivity index (χ3v) is 6.28. The van der Waals surface area contributed by atoms with Crippen molar-refractivity contribution in [3.05, 3.63) is 35.4 Å². The Labute approximate surface area is 133 Å². The average Bonchev–Trinajstić information content (AvgIpc) is 2.46. The lowest BCUT2D eigenvalue weighted by Crippen LogP contribution is -2.10. The number of hydrogen-bond donors (Lipinski definition) is 0. The molecule has 0 bridgehead atoms. The van der Waals surface area contributed by atoms with E-state index in [9.17, 15) is 0 Å². The van der Waals surface area contributed by atoms with Crippen LogP contribution in [0.1, 0.15) is 87.1 Å². The van der Waals surface area contributed by atoms with Crippen LogP contribution in [0.2, 0.25) is 0 Å². The molecule has 1 saturated carbocycles. The van der Waals surface area contributed by atoms with Gasteiger partial charge in [-0.25, -0.2) is 0 Å². The van der Waals surface area contributed by atoms with Gasteiger partial charge in [0.25, 0.3) is 0 Å². The smallest absolute Gasteiger partial charge is 0.0423 e. The van der Waals surface area contributed by atoms with E-state index >= 15 is 0 Å². The predicted octanol–water partition coefficient (Wildman–Crippen LogP) is 7.00. The maximum atomic E-state index is 3.99. The summed E-state index contributed by atoms with van der Waals surface area (Å²) in [7, 11) is 0. The lowest BCUT2D eigenvalue weighted by atomic mass is 9.86. The molecule has 0 N–H and O–H groups in total. The van der Waals surface area contributed by atoms with Crippen LogP contribution in [0.25, 0.3) is 0 Å². The van der Waals surface area contributed by atoms with Crippen LogP contribution in [-0.4, -0.2) is 0 Å². The van der Waals surface area contributed by atoms with Gasteiger partial charge in [-0.2, -0.15) is 0 Å². The summed E-state index contributed by atoms with van der Waals surface area (Å²) in [4.78, 5) is 0.548. The topological polar surface area (TPSA) is 0 Å². The Kier molecular flexibility index (Phi) is 6.61. The Hall–Kier alpha value is -0.300. The van der Waals surface area contributed by atoms with Gasteiger partial charge in [-0.15, -0.1) is 0 Å². The van der Waals surface area contributed by atoms with Gasteiger partial charge in [-0.1, -0.05) is 86.1 Å². The Bertz CT molecular complexity index is 373. The molecule has 112 valence electrons. The van der Waals surface area contributed by atoms with Gasteiger partial charge in [0.15, 0.2) is 0 Å². The Morgan fingerprint density at radius 3 is 2.00 bits per heavy atom. The summed E-state index contributed by atoms with van der Waals surface area (Å²) < 4.78 is 0. The first kappa shape index (κ1) is 16.1. The largest absolute Gasteiger partial charge is 0.0836 e. The van der Waals surface area contributed by atoms with Crippen LogP contribution in [0, 0.1) is 5.92 Å². The third kappa shape index (κ3) is 4.35. The van der Waals surface area contributed by atoms with Gasteiger partial charge in [0.1, 0.15) is 0 Å². The van der Waals surface area contributed by atoms with Crippen LogP contribution in [-0.2, 0) is 0 Å². The van der Waals surface area contributed by atoms with Crippen molar-refractivity contribution < 1.29 is 0 Å². The molecule has 0 amide bonds. The molecule has 0 radical (unpaired) electrons. The second kappa shape index (κ2) is 8.22. The SMILES string of the molecule is CCC(C)c1ccc(C(Br)C2CCCCCCC2)cc1. The highest BCUT2D eigenvalue weighted by molar-refractivity contribution is 9.09. The van der Waals surface area contributed by atoms with E-state index < -0.39 is 0 Å². The molecule has 1 aliphatic carbocycles. The summed E-state index contributed by atoms with van der Waals surface area (Å²) >= 11 is 3.99. The molecule has 0 spiro atoms. The van der Waals surface area contributed by atoms with Gasteiger partial charge in [0.2, 0.25) is 0 Å². The number of benzene rings is 1. The first-order valence-electron chi connectivity index (χ1n) is 8.46. The normalized spacial score (nSPS) is 20.9. The average molecular weight is 337 g/mol. The molecule has 0 aliphatic heterocycles. The molecule has 1 heteroatoms. The molecule has 1 aromatic rings. The fourth-order valence-electron chi connectivity index (χ4n) is 3.30. The summed E-state index contributed by atoms with van der Waals surface area (Å²) in [5.74, 6) is 1.50. The van der Waals surface area contributed by atoms with Crippen molar-refractivity contribution in [2.24, 2.45) is 5.92 Å². The highest BCUT2D eigenvalue weighted by Crippen LogP contribution is 2.39. The zero-order valence-electron chi connectivity index (χ0n) is 13.1. The zero-order valence-corrected chi connectivity index (χ0v) is 14.7. The maximum absolute atomic E-state index is 3.99. The van der Waals surface area contributed by atoms with E-state index in [1.165, 1.54) is 62.5 Å². The van der Waals surface area contributed by atoms with E-state index in [1.54, 1.807) is 0 Å². The van der Waals surface area contributed by atoms with Gasteiger partial charge in [0.05, 0.1) is 0 Å². The number of halogens is 1. The van der Waals surface area contributed by atoms with E-state index in [-0.39, 0.29) is 0 Å². The van der Waals surface area contributed by atoms with Crippen molar-refractivity contribution in [2.45, 2.75) is 76.0 Å². The Balaban J connectivity index is 2.01. The molecular weight excluding hydrogens is 308 g/mol. The van der Waals surface area contributed by atoms with Crippen molar-refractivity contribution in [1.82, 2.24) is 0 Å². The van der Waals surface area contributed by atoms with Crippen LogP contribution in [0.15, 0.2) is 24.3 Å². The molecule has 0 heterocycles. The molecule has 0 saturated heterocycles. The predicted molar refractivity (Wildman–Crippen MR) is 92.6 cm³/mol. The van der Waals surface area contributed by atoms with Crippen LogP contribution < -0.4 is 0 Å². The number of rotatable bonds is 4. The summed E-state index contributed by atoms with van der Waals surface area (Å²) in [5, 5.41) is 0. The van der Waals surface area contributed by atoms with E-state index in [0.717, 1.165) is 5.92 Å². The quantitative estimate of drug-likeness (QED) is 0.519. The Morgan fingerprint density at radius 1 is 0.950 bits per heavy atom. The molecule has 0 nitrogen and oxygen atoms in total. The lowest BCUT2D eigenvalue weighted by molar-refractivity contribution is 0.374. The molecule has 20 heavy (non-hydrogen) atoms. The molecule has 2 atom stereocenters. The van der Waals surface area contributed by atoms with Crippen LogP contribution >= 0.6 is 15.9 Å². The minimum Gasteiger partial charge on any atom is -0.0836 e. The van der Waals surface area contributed by atoms with Crippen LogP contribution in [0.5, 0.6) is 0 Å². The summed E-state index contributed by atoms with van der Waals surface area (Å²) in [6, 6.07) is 9.36. The number of alkyl halides is 1. The minimum absolute atomic E-state index is 0.548. The number of hydrogen-bond acceptors (Lipinski definition) is 0. The van der Waals surface area contributed by atoms with Gasteiger partial charge in [0, 0.05) is 4.83 Å². The van der Waals surface area contributed by atoms with Crippen molar-refractivity contribution in [3.63, 3.8) is 0 Å². The molecule has 1 aromatic carbocycles. The first-order chi connectivity index (χ1) is 9.72. The maximum Gasteiger partial charge on any atom is 0.0423 e. The fourth-order valence-corrected chi connectivity index (χ4v) is 4.13. The van der Waals surface area contributed by atoms with Crippen molar-refractivity contribution in [3.8, 4) is 0 Å². The van der Waals surface area contributed by atoms with Gasteiger partial charge >= 0.3 is 0 Å². The zero-order chi connectivity index (χ0) is 14.4.